The van der Waals surface area contributed by atoms with Gasteiger partial charge in [0.25, 0.3) is 0 Å². The van der Waals surface area contributed by atoms with E-state index in [1.54, 1.807) is 6.07 Å². The largest absolute Gasteiger partial charge is 0.508 e. The van der Waals surface area contributed by atoms with Crippen LogP contribution in [0.15, 0.2) is 48.5 Å². The highest BCUT2D eigenvalue weighted by Gasteiger charge is 2.07. The summed E-state index contributed by atoms with van der Waals surface area (Å²) in [6, 6.07) is 14.0. The van der Waals surface area contributed by atoms with Crippen LogP contribution in [0.1, 0.15) is 5.56 Å². The molecule has 0 saturated heterocycles. The van der Waals surface area contributed by atoms with Gasteiger partial charge in [0.05, 0.1) is 6.54 Å². The summed E-state index contributed by atoms with van der Waals surface area (Å²) in [7, 11) is 0. The van der Waals surface area contributed by atoms with Crippen LogP contribution >= 0.6 is 12.2 Å². The van der Waals surface area contributed by atoms with Crippen molar-refractivity contribution in [3.05, 3.63) is 54.1 Å². The number of hydrogen-bond acceptors (Lipinski definition) is 5. The van der Waals surface area contributed by atoms with E-state index < -0.39 is 0 Å². The van der Waals surface area contributed by atoms with Gasteiger partial charge in [-0.1, -0.05) is 30.4 Å². The Bertz CT molecular complexity index is 573. The molecule has 2 aromatic carbocycles. The summed E-state index contributed by atoms with van der Waals surface area (Å²) in [5.41, 5.74) is 7.45. The Hall–Kier alpha value is -2.11. The number of anilines is 1. The Morgan fingerprint density at radius 1 is 1.05 bits per heavy atom. The van der Waals surface area contributed by atoms with E-state index in [0.29, 0.717) is 17.0 Å². The maximum Gasteiger partial charge on any atom is 0.127 e. The molecule has 0 radical (unpaired) electrons. The fourth-order valence-electron chi connectivity index (χ4n) is 1.60. The Labute approximate surface area is 116 Å². The first-order valence-corrected chi connectivity index (χ1v) is 6.17. The first-order chi connectivity index (χ1) is 9.16. The van der Waals surface area contributed by atoms with Gasteiger partial charge in [-0.25, -0.2) is 5.43 Å². The van der Waals surface area contributed by atoms with Crippen molar-refractivity contribution in [3.8, 4) is 11.5 Å². The summed E-state index contributed by atoms with van der Waals surface area (Å²) >= 11 is 5.22. The number of rotatable bonds is 5. The molecule has 2 rings (SSSR count). The third kappa shape index (κ3) is 3.67. The molecule has 0 aromatic heterocycles. The number of para-hydroxylation sites is 1. The molecule has 0 saturated carbocycles. The van der Waals surface area contributed by atoms with Crippen LogP contribution in [0.5, 0.6) is 11.5 Å². The zero-order valence-electron chi connectivity index (χ0n) is 10.1. The molecule has 0 bridgehead atoms. The van der Waals surface area contributed by atoms with Gasteiger partial charge in [-0.3, -0.25) is 0 Å². The number of phenolic OH excluding ortho intramolecular Hbond substituents is 2. The van der Waals surface area contributed by atoms with Gasteiger partial charge in [0.2, 0.25) is 0 Å². The molecule has 19 heavy (non-hydrogen) atoms. The molecule has 0 fully saturated rings. The molecule has 4 nitrogen and oxygen atoms in total. The SMILES string of the molecule is Oc1ccc(C(=S)CNNc2ccccc2)c(O)c1. The quantitative estimate of drug-likeness (QED) is 0.383. The van der Waals surface area contributed by atoms with E-state index in [1.165, 1.54) is 12.1 Å². The van der Waals surface area contributed by atoms with Crippen molar-refractivity contribution in [1.29, 1.82) is 0 Å². The lowest BCUT2D eigenvalue weighted by atomic mass is 10.1. The first-order valence-electron chi connectivity index (χ1n) is 5.76. The predicted octanol–water partition coefficient (Wildman–Crippen LogP) is 2.43. The second-order valence-corrected chi connectivity index (χ2v) is 4.46. The number of aromatic hydroxyl groups is 2. The summed E-state index contributed by atoms with van der Waals surface area (Å²) in [5.74, 6) is -0.00840. The standard InChI is InChI=1S/C14H14N2O2S/c17-11-6-7-12(13(18)8-11)14(19)9-15-16-10-4-2-1-3-5-10/h1-8,15-18H,9H2. The van der Waals surface area contributed by atoms with Gasteiger partial charge in [-0.15, -0.1) is 0 Å². The van der Waals surface area contributed by atoms with E-state index in [1.807, 2.05) is 30.3 Å². The minimum absolute atomic E-state index is 0.0134. The molecule has 5 heteroatoms. The molecule has 0 aliphatic rings. The topological polar surface area (TPSA) is 64.5 Å². The summed E-state index contributed by atoms with van der Waals surface area (Å²) in [4.78, 5) is 0.556. The summed E-state index contributed by atoms with van der Waals surface area (Å²) in [6.07, 6.45) is 0. The van der Waals surface area contributed by atoms with Gasteiger partial charge in [-0.05, 0) is 24.3 Å². The highest BCUT2D eigenvalue weighted by Crippen LogP contribution is 2.23. The highest BCUT2D eigenvalue weighted by atomic mass is 32.1. The average molecular weight is 274 g/mol. The Kier molecular flexibility index (Phi) is 4.33. The minimum Gasteiger partial charge on any atom is -0.508 e. The zero-order chi connectivity index (χ0) is 13.7. The van der Waals surface area contributed by atoms with Gasteiger partial charge in [0.15, 0.2) is 0 Å². The Balaban J connectivity index is 1.91. The van der Waals surface area contributed by atoms with Crippen LogP contribution < -0.4 is 10.9 Å². The zero-order valence-corrected chi connectivity index (χ0v) is 10.9. The number of nitrogens with one attached hydrogen (secondary N) is 2. The van der Waals surface area contributed by atoms with Crippen molar-refractivity contribution < 1.29 is 10.2 Å². The van der Waals surface area contributed by atoms with Crippen LogP contribution in [0.2, 0.25) is 0 Å². The van der Waals surface area contributed by atoms with Crippen LogP contribution in [-0.2, 0) is 0 Å². The number of phenols is 2. The monoisotopic (exact) mass is 274 g/mol. The van der Waals surface area contributed by atoms with Crippen molar-refractivity contribution in [1.82, 2.24) is 5.43 Å². The summed E-state index contributed by atoms with van der Waals surface area (Å²) < 4.78 is 0. The maximum absolute atomic E-state index is 9.68. The summed E-state index contributed by atoms with van der Waals surface area (Å²) in [6.45, 7) is 0.391. The molecule has 2 aromatic rings. The Morgan fingerprint density at radius 3 is 2.47 bits per heavy atom. The fourth-order valence-corrected chi connectivity index (χ4v) is 1.84. The van der Waals surface area contributed by atoms with E-state index in [-0.39, 0.29) is 11.5 Å². The lowest BCUT2D eigenvalue weighted by Crippen LogP contribution is -2.27. The molecule has 0 aliphatic carbocycles. The fraction of sp³-hybridized carbons (Fsp3) is 0.0714. The van der Waals surface area contributed by atoms with E-state index in [9.17, 15) is 10.2 Å². The molecule has 0 unspecified atom stereocenters. The molecule has 98 valence electrons. The molecule has 0 aliphatic heterocycles. The van der Waals surface area contributed by atoms with Crippen molar-refractivity contribution in [2.75, 3.05) is 12.0 Å². The lowest BCUT2D eigenvalue weighted by Gasteiger charge is -2.10. The van der Waals surface area contributed by atoms with Gasteiger partial charge < -0.3 is 15.6 Å². The van der Waals surface area contributed by atoms with E-state index >= 15 is 0 Å². The van der Waals surface area contributed by atoms with Gasteiger partial charge in [0, 0.05) is 22.2 Å². The average Bonchev–Trinajstić information content (AvgIpc) is 2.39. The molecule has 0 spiro atoms. The third-order valence-electron chi connectivity index (χ3n) is 2.54. The third-order valence-corrected chi connectivity index (χ3v) is 2.90. The second kappa shape index (κ2) is 6.17. The smallest absolute Gasteiger partial charge is 0.127 e. The Morgan fingerprint density at radius 2 is 1.79 bits per heavy atom. The van der Waals surface area contributed by atoms with Crippen LogP contribution in [0.25, 0.3) is 0 Å². The number of thiocarbonyl (C=S) groups is 1. The minimum atomic E-state index is -0.0217. The molecule has 4 N–H and O–H groups in total. The number of hydrazine groups is 1. The maximum atomic E-state index is 9.68. The molecule has 0 atom stereocenters. The lowest BCUT2D eigenvalue weighted by molar-refractivity contribution is 0.450. The highest BCUT2D eigenvalue weighted by molar-refractivity contribution is 7.81. The van der Waals surface area contributed by atoms with Gasteiger partial charge in [0.1, 0.15) is 11.5 Å². The van der Waals surface area contributed by atoms with Crippen LogP contribution in [0, 0.1) is 0 Å². The van der Waals surface area contributed by atoms with E-state index in [0.717, 1.165) is 5.69 Å². The normalized spacial score (nSPS) is 10.1. The van der Waals surface area contributed by atoms with Crippen molar-refractivity contribution >= 4 is 22.8 Å². The van der Waals surface area contributed by atoms with Gasteiger partial charge in [-0.2, -0.15) is 0 Å². The van der Waals surface area contributed by atoms with Crippen LogP contribution in [-0.4, -0.2) is 21.6 Å². The van der Waals surface area contributed by atoms with Crippen LogP contribution in [0.3, 0.4) is 0 Å². The van der Waals surface area contributed by atoms with Crippen molar-refractivity contribution in [3.63, 3.8) is 0 Å². The second-order valence-electron chi connectivity index (χ2n) is 3.97. The molecular weight excluding hydrogens is 260 g/mol. The molecule has 0 heterocycles. The molecule has 0 amide bonds. The first kappa shape index (κ1) is 13.3. The van der Waals surface area contributed by atoms with Crippen molar-refractivity contribution in [2.24, 2.45) is 0 Å². The van der Waals surface area contributed by atoms with E-state index in [4.69, 9.17) is 12.2 Å². The predicted molar refractivity (Wildman–Crippen MR) is 79.5 cm³/mol. The molecular formula is C14H14N2O2S. The number of hydrogen-bond donors (Lipinski definition) is 4. The van der Waals surface area contributed by atoms with Gasteiger partial charge >= 0.3 is 0 Å². The van der Waals surface area contributed by atoms with Crippen LogP contribution in [0.4, 0.5) is 5.69 Å². The van der Waals surface area contributed by atoms with E-state index in [2.05, 4.69) is 10.9 Å². The summed E-state index contributed by atoms with van der Waals surface area (Å²) in [5, 5.41) is 18.9. The van der Waals surface area contributed by atoms with Crippen molar-refractivity contribution in [2.45, 2.75) is 0 Å². The number of benzene rings is 2.